The predicted octanol–water partition coefficient (Wildman–Crippen LogP) is 6.08. The molecule has 0 saturated carbocycles. The molecule has 19 heteroatoms. The van der Waals surface area contributed by atoms with Crippen molar-refractivity contribution in [1.82, 2.24) is 35.9 Å². The van der Waals surface area contributed by atoms with Gasteiger partial charge in [-0.05, 0) is 55.3 Å². The summed E-state index contributed by atoms with van der Waals surface area (Å²) < 4.78 is 50.0. The second-order valence-electron chi connectivity index (χ2n) is 17.7. The number of rotatable bonds is 22. The summed E-state index contributed by atoms with van der Waals surface area (Å²) in [7, 11) is 6.61. The average molecular weight is 946 g/mol. The zero-order valence-corrected chi connectivity index (χ0v) is 40.5. The number of alkyl halides is 3. The number of amides is 4. The normalized spacial score (nSPS) is 17.6. The average Bonchev–Trinajstić information content (AvgIpc) is 3.99. The largest absolute Gasteiger partial charge is 0.490 e. The van der Waals surface area contributed by atoms with E-state index in [4.69, 9.17) is 23.8 Å². The van der Waals surface area contributed by atoms with Crippen LogP contribution in [0.25, 0.3) is 11.5 Å². The van der Waals surface area contributed by atoms with Crippen LogP contribution in [0.3, 0.4) is 0 Å². The van der Waals surface area contributed by atoms with Crippen LogP contribution in [-0.2, 0) is 39.9 Å². The fourth-order valence-electron chi connectivity index (χ4n) is 8.48. The van der Waals surface area contributed by atoms with Gasteiger partial charge in [-0.15, -0.1) is 10.2 Å². The number of likely N-dealkylation sites (tertiary alicyclic amines) is 1. The molecule has 0 radical (unpaired) electrons. The van der Waals surface area contributed by atoms with Crippen LogP contribution in [0.4, 0.5) is 13.2 Å². The van der Waals surface area contributed by atoms with Gasteiger partial charge >= 0.3 is 12.1 Å². The highest BCUT2D eigenvalue weighted by molar-refractivity contribution is 5.90. The molecule has 4 amide bonds. The van der Waals surface area contributed by atoms with Gasteiger partial charge in [0.25, 0.3) is 0 Å². The van der Waals surface area contributed by atoms with Crippen molar-refractivity contribution in [3.8, 4) is 11.5 Å². The number of ether oxygens (including phenoxy) is 2. The van der Waals surface area contributed by atoms with Crippen LogP contribution >= 0.6 is 0 Å². The van der Waals surface area contributed by atoms with E-state index in [1.165, 1.54) is 0 Å². The van der Waals surface area contributed by atoms with E-state index in [-0.39, 0.29) is 59.7 Å². The highest BCUT2D eigenvalue weighted by atomic mass is 19.4. The maximum atomic E-state index is 14.4. The summed E-state index contributed by atoms with van der Waals surface area (Å²) in [6.45, 7) is 14.1. The number of nitrogens with zero attached hydrogens (tertiary/aromatic N) is 4. The van der Waals surface area contributed by atoms with E-state index >= 15 is 0 Å². The Morgan fingerprint density at radius 1 is 0.881 bits per heavy atom. The van der Waals surface area contributed by atoms with Crippen molar-refractivity contribution in [3.63, 3.8) is 0 Å². The van der Waals surface area contributed by atoms with E-state index in [9.17, 15) is 32.3 Å². The Morgan fingerprint density at radius 3 is 1.97 bits per heavy atom. The molecule has 1 saturated heterocycles. The first kappa shape index (κ1) is 55.9. The summed E-state index contributed by atoms with van der Waals surface area (Å²) in [6, 6.07) is 16.6. The lowest BCUT2D eigenvalue weighted by Crippen LogP contribution is -2.59. The van der Waals surface area contributed by atoms with Gasteiger partial charge in [0, 0.05) is 39.8 Å². The molecule has 3 aromatic rings. The zero-order chi connectivity index (χ0) is 50.2. The first-order chi connectivity index (χ1) is 31.6. The third-order valence-electron chi connectivity index (χ3n) is 12.4. The lowest BCUT2D eigenvalue weighted by Gasteiger charge is -2.41. The second-order valence-corrected chi connectivity index (χ2v) is 17.7. The van der Waals surface area contributed by atoms with Crippen molar-refractivity contribution >= 4 is 29.6 Å². The Kier molecular flexibility index (Phi) is 21.9. The Balaban J connectivity index is 0.00000157. The molecule has 1 aliphatic heterocycles. The molecule has 4 rings (SSSR count). The van der Waals surface area contributed by atoms with Crippen molar-refractivity contribution in [2.75, 3.05) is 34.9 Å². The number of methoxy groups -OCH3 is 2. The predicted molar refractivity (Wildman–Crippen MR) is 245 cm³/mol. The molecule has 4 N–H and O–H groups in total. The monoisotopic (exact) mass is 946 g/mol. The van der Waals surface area contributed by atoms with Crippen molar-refractivity contribution in [1.29, 1.82) is 0 Å². The van der Waals surface area contributed by atoms with Gasteiger partial charge in [-0.2, -0.15) is 13.2 Å². The minimum Gasteiger partial charge on any atom is -0.475 e. The van der Waals surface area contributed by atoms with E-state index in [1.54, 1.807) is 33.2 Å². The van der Waals surface area contributed by atoms with Gasteiger partial charge in [-0.1, -0.05) is 103 Å². The lowest BCUT2D eigenvalue weighted by molar-refractivity contribution is -0.192. The third-order valence-corrected chi connectivity index (χ3v) is 12.4. The molecule has 0 unspecified atom stereocenters. The molecule has 1 fully saturated rings. The number of carbonyl (C=O) groups is 5. The maximum Gasteiger partial charge on any atom is 0.490 e. The number of carboxylic acids is 1. The minimum atomic E-state index is -5.08. The van der Waals surface area contributed by atoms with Crippen LogP contribution in [0.5, 0.6) is 0 Å². The van der Waals surface area contributed by atoms with E-state index in [1.807, 2.05) is 114 Å². The fourth-order valence-corrected chi connectivity index (χ4v) is 8.48. The molecule has 0 spiro atoms. The van der Waals surface area contributed by atoms with Crippen molar-refractivity contribution < 1.29 is 56.1 Å². The zero-order valence-electron chi connectivity index (χ0n) is 40.5. The van der Waals surface area contributed by atoms with Crippen molar-refractivity contribution in [2.24, 2.45) is 23.7 Å². The van der Waals surface area contributed by atoms with Gasteiger partial charge in [0.1, 0.15) is 12.1 Å². The number of aromatic nitrogens is 2. The van der Waals surface area contributed by atoms with Gasteiger partial charge in [-0.3, -0.25) is 19.2 Å². The van der Waals surface area contributed by atoms with Crippen LogP contribution in [0.1, 0.15) is 91.6 Å². The molecule has 0 bridgehead atoms. The number of hydrogen-bond donors (Lipinski definition) is 4. The van der Waals surface area contributed by atoms with Crippen LogP contribution < -0.4 is 16.0 Å². The Hall–Kier alpha value is -5.40. The molecule has 372 valence electrons. The number of hydrogen-bond acceptors (Lipinski definition) is 11. The van der Waals surface area contributed by atoms with Crippen LogP contribution in [-0.4, -0.2) is 132 Å². The maximum absolute atomic E-state index is 14.4. The molecule has 1 aromatic heterocycles. The number of likely N-dealkylation sites (N-methyl/N-ethyl adjacent to an activating group) is 2. The van der Waals surface area contributed by atoms with Crippen LogP contribution in [0.2, 0.25) is 0 Å². The summed E-state index contributed by atoms with van der Waals surface area (Å²) in [5.41, 5.74) is 1.76. The summed E-state index contributed by atoms with van der Waals surface area (Å²) in [6.07, 6.45) is -3.76. The number of halogens is 3. The Morgan fingerprint density at radius 2 is 1.46 bits per heavy atom. The highest BCUT2D eigenvalue weighted by Crippen LogP contribution is 2.31. The molecule has 1 aliphatic rings. The quantitative estimate of drug-likeness (QED) is 0.0906. The summed E-state index contributed by atoms with van der Waals surface area (Å²) >= 11 is 0. The molecule has 2 aromatic carbocycles. The van der Waals surface area contributed by atoms with E-state index < -0.39 is 54.4 Å². The van der Waals surface area contributed by atoms with Gasteiger partial charge in [-0.25, -0.2) is 4.79 Å². The van der Waals surface area contributed by atoms with Gasteiger partial charge < -0.3 is 44.7 Å². The highest BCUT2D eigenvalue weighted by Gasteiger charge is 2.43. The smallest absolute Gasteiger partial charge is 0.475 e. The first-order valence-corrected chi connectivity index (χ1v) is 22.7. The molecule has 2 heterocycles. The Labute approximate surface area is 392 Å². The summed E-state index contributed by atoms with van der Waals surface area (Å²) in [4.78, 5) is 68.5. The number of nitrogens with one attached hydrogen (secondary N) is 3. The first-order valence-electron chi connectivity index (χ1n) is 22.7. The van der Waals surface area contributed by atoms with E-state index in [2.05, 4.69) is 26.1 Å². The standard InChI is InChI=1S/C46H69N7O7.C2HF3O2/c1-12-30(6)40(52(9)46(57)39(29(4)5)49-43(56)38(47-8)28(2)3)36(58-10)27-37(54)53-25-19-24-35(53)41(59-11)31(7)42(55)48-34(26-32-20-15-13-16-21-32)45-51-50-44(60-45)33-22-17-14-18-23-33;3-2(4,5)1(6)7/h13-18,20-23,28-31,34-36,38-41,47H,12,19,24-27H2,1-11H3,(H,48,55)(H,49,56);(H,6,7)/t30-,31+,34-,35-,36+,38-,39-,40-,41+;/m0./s1. The van der Waals surface area contributed by atoms with E-state index in [0.29, 0.717) is 25.3 Å². The van der Waals surface area contributed by atoms with Gasteiger partial charge in [0.2, 0.25) is 35.4 Å². The number of aliphatic carboxylic acids is 1. The van der Waals surface area contributed by atoms with Crippen molar-refractivity contribution in [3.05, 3.63) is 72.1 Å². The molecular weight excluding hydrogens is 876 g/mol. The molecular formula is C48H70F3N7O9. The van der Waals surface area contributed by atoms with Crippen LogP contribution in [0, 0.1) is 23.7 Å². The summed E-state index contributed by atoms with van der Waals surface area (Å²) in [5.74, 6) is -3.84. The lowest BCUT2D eigenvalue weighted by atomic mass is 9.89. The summed E-state index contributed by atoms with van der Waals surface area (Å²) in [5, 5.41) is 25.0. The number of carbonyl (C=O) groups excluding carboxylic acids is 4. The van der Waals surface area contributed by atoms with Gasteiger partial charge in [0.05, 0.1) is 42.7 Å². The SMILES string of the molecule is CC[C@H](C)[C@@H]([C@@H](CC(=O)N1CCC[C@H]1[C@H](OC)[C@@H](C)C(=O)N[C@@H](Cc1ccccc1)c1nnc(-c2ccccc2)o1)OC)N(C)C(=O)[C@@H](NC(=O)[C@@H](NC)C(C)C)C(C)C.O=C(O)C(F)(F)F. The van der Waals surface area contributed by atoms with Gasteiger partial charge in [0.15, 0.2) is 0 Å². The number of benzene rings is 2. The number of carboxylic acid groups (broad SMARTS) is 1. The second kappa shape index (κ2) is 26.2. The third kappa shape index (κ3) is 15.6. The molecule has 0 aliphatic carbocycles. The fraction of sp³-hybridized carbons (Fsp3) is 0.604. The topological polar surface area (TPSA) is 206 Å². The van der Waals surface area contributed by atoms with E-state index in [0.717, 1.165) is 24.0 Å². The molecule has 16 nitrogen and oxygen atoms in total. The molecule has 9 atom stereocenters. The molecule has 67 heavy (non-hydrogen) atoms. The minimum absolute atomic E-state index is 0.0184. The Bertz CT molecular complexity index is 2020. The van der Waals surface area contributed by atoms with Crippen LogP contribution in [0.15, 0.2) is 65.1 Å². The van der Waals surface area contributed by atoms with Crippen molar-refractivity contribution in [2.45, 2.75) is 129 Å².